The van der Waals surface area contributed by atoms with Crippen LogP contribution in [0.5, 0.6) is 0 Å². The molecule has 2 aromatic carbocycles. The summed E-state index contributed by atoms with van der Waals surface area (Å²) in [6.07, 6.45) is 5.77. The number of fused-ring (bicyclic) bond motifs is 1. The van der Waals surface area contributed by atoms with Crippen molar-refractivity contribution in [3.63, 3.8) is 0 Å². The molecule has 0 amide bonds. The van der Waals surface area contributed by atoms with Gasteiger partial charge in [0.1, 0.15) is 5.65 Å². The molecule has 29 heavy (non-hydrogen) atoms. The Balaban J connectivity index is 1.67. The molecule has 0 saturated heterocycles. The summed E-state index contributed by atoms with van der Waals surface area (Å²) in [6.45, 7) is 0.622. The van der Waals surface area contributed by atoms with Gasteiger partial charge in [-0.1, -0.05) is 48.5 Å². The van der Waals surface area contributed by atoms with Crippen LogP contribution in [0.3, 0.4) is 0 Å². The maximum Gasteiger partial charge on any atom is 0.136 e. The molecule has 0 aliphatic heterocycles. The number of hydrogen-bond acceptors (Lipinski definition) is 3. The third-order valence-corrected chi connectivity index (χ3v) is 4.98. The summed E-state index contributed by atoms with van der Waals surface area (Å²) in [7, 11) is 0. The fourth-order valence-corrected chi connectivity index (χ4v) is 3.62. The number of imidazole rings is 2. The maximum atomic E-state index is 9.36. The fraction of sp³-hybridized carbons (Fsp3) is 0.0417. The first kappa shape index (κ1) is 17.0. The van der Waals surface area contributed by atoms with Crippen molar-refractivity contribution in [2.45, 2.75) is 6.54 Å². The van der Waals surface area contributed by atoms with Crippen molar-refractivity contribution in [3.8, 4) is 28.6 Å². The van der Waals surface area contributed by atoms with Crippen LogP contribution < -0.4 is 0 Å². The van der Waals surface area contributed by atoms with Crippen molar-refractivity contribution in [2.75, 3.05) is 0 Å². The zero-order valence-corrected chi connectivity index (χ0v) is 15.6. The minimum atomic E-state index is 0.622. The van der Waals surface area contributed by atoms with Crippen LogP contribution in [0.15, 0.2) is 91.5 Å². The van der Waals surface area contributed by atoms with E-state index < -0.39 is 0 Å². The molecule has 5 aromatic rings. The molecule has 0 bridgehead atoms. The van der Waals surface area contributed by atoms with E-state index in [-0.39, 0.29) is 0 Å². The molecule has 0 atom stereocenters. The van der Waals surface area contributed by atoms with Gasteiger partial charge in [0, 0.05) is 17.3 Å². The van der Waals surface area contributed by atoms with Crippen LogP contribution in [0.25, 0.3) is 28.2 Å². The van der Waals surface area contributed by atoms with Gasteiger partial charge in [-0.3, -0.25) is 0 Å². The number of rotatable bonds is 4. The van der Waals surface area contributed by atoms with Gasteiger partial charge in [-0.05, 0) is 24.3 Å². The van der Waals surface area contributed by atoms with Gasteiger partial charge in [0.25, 0.3) is 0 Å². The van der Waals surface area contributed by atoms with E-state index >= 15 is 0 Å². The lowest BCUT2D eigenvalue weighted by atomic mass is 10.0. The third-order valence-electron chi connectivity index (χ3n) is 4.98. The molecule has 3 heterocycles. The largest absolute Gasteiger partial charge is 0.324 e. The first-order valence-electron chi connectivity index (χ1n) is 9.35. The second-order valence-corrected chi connectivity index (χ2v) is 6.81. The summed E-state index contributed by atoms with van der Waals surface area (Å²) in [6, 6.07) is 26.0. The standard InChI is InChI=1S/C24H17N5/c25-14-18-7-6-10-20(13-18)24-23(19-8-2-1-3-9-19)27-17-28(24)16-21-15-26-22-11-4-5-12-29(21)22/h1-13,15,17H,16H2. The molecule has 0 unspecified atom stereocenters. The van der Waals surface area contributed by atoms with E-state index in [0.717, 1.165) is 33.9 Å². The zero-order valence-electron chi connectivity index (χ0n) is 15.6. The van der Waals surface area contributed by atoms with Crippen LogP contribution >= 0.6 is 0 Å². The van der Waals surface area contributed by atoms with Gasteiger partial charge in [0.15, 0.2) is 0 Å². The fourth-order valence-electron chi connectivity index (χ4n) is 3.62. The Bertz CT molecular complexity index is 1340. The molecule has 0 spiro atoms. The molecule has 3 aromatic heterocycles. The van der Waals surface area contributed by atoms with Crippen molar-refractivity contribution in [1.82, 2.24) is 18.9 Å². The quantitative estimate of drug-likeness (QED) is 0.454. The summed E-state index contributed by atoms with van der Waals surface area (Å²) >= 11 is 0. The SMILES string of the molecule is N#Cc1cccc(-c2c(-c3ccccc3)ncn2Cc2cnc3ccccn23)c1. The number of pyridine rings is 1. The summed E-state index contributed by atoms with van der Waals surface area (Å²) < 4.78 is 4.20. The van der Waals surface area contributed by atoms with Gasteiger partial charge in [-0.25, -0.2) is 9.97 Å². The summed E-state index contributed by atoms with van der Waals surface area (Å²) in [4.78, 5) is 9.23. The van der Waals surface area contributed by atoms with E-state index in [9.17, 15) is 5.26 Å². The van der Waals surface area contributed by atoms with E-state index in [0.29, 0.717) is 12.1 Å². The highest BCUT2D eigenvalue weighted by molar-refractivity contribution is 5.79. The lowest BCUT2D eigenvalue weighted by Crippen LogP contribution is -2.04. The first-order valence-corrected chi connectivity index (χ1v) is 9.35. The molecule has 5 rings (SSSR count). The van der Waals surface area contributed by atoms with Crippen LogP contribution in [0.1, 0.15) is 11.3 Å². The summed E-state index contributed by atoms with van der Waals surface area (Å²) in [5.74, 6) is 0. The Hall–Kier alpha value is -4.17. The maximum absolute atomic E-state index is 9.36. The van der Waals surface area contributed by atoms with Crippen molar-refractivity contribution in [2.24, 2.45) is 0 Å². The van der Waals surface area contributed by atoms with Crippen LogP contribution in [0.2, 0.25) is 0 Å². The second-order valence-electron chi connectivity index (χ2n) is 6.81. The zero-order chi connectivity index (χ0) is 19.6. The minimum absolute atomic E-state index is 0.622. The normalized spacial score (nSPS) is 10.9. The number of nitrogens with zero attached hydrogens (tertiary/aromatic N) is 5. The average Bonchev–Trinajstić information content (AvgIpc) is 3.39. The van der Waals surface area contributed by atoms with Crippen LogP contribution in [0.4, 0.5) is 0 Å². The molecule has 0 aliphatic carbocycles. The summed E-state index contributed by atoms with van der Waals surface area (Å²) in [5, 5.41) is 9.36. The number of hydrogen-bond donors (Lipinski definition) is 0. The van der Waals surface area contributed by atoms with Gasteiger partial charge in [0.2, 0.25) is 0 Å². The Morgan fingerprint density at radius 3 is 2.55 bits per heavy atom. The van der Waals surface area contributed by atoms with Crippen LogP contribution in [-0.2, 0) is 6.54 Å². The minimum Gasteiger partial charge on any atom is -0.324 e. The van der Waals surface area contributed by atoms with Gasteiger partial charge >= 0.3 is 0 Å². The van der Waals surface area contributed by atoms with Crippen molar-refractivity contribution in [3.05, 3.63) is 103 Å². The van der Waals surface area contributed by atoms with Gasteiger partial charge in [0.05, 0.1) is 47.8 Å². The molecule has 138 valence electrons. The van der Waals surface area contributed by atoms with E-state index in [4.69, 9.17) is 4.98 Å². The highest BCUT2D eigenvalue weighted by Crippen LogP contribution is 2.32. The predicted molar refractivity (Wildman–Crippen MR) is 112 cm³/mol. The number of aromatic nitrogens is 4. The first-order chi connectivity index (χ1) is 14.3. The Morgan fingerprint density at radius 2 is 1.69 bits per heavy atom. The monoisotopic (exact) mass is 375 g/mol. The third kappa shape index (κ3) is 3.07. The molecular weight excluding hydrogens is 358 g/mol. The van der Waals surface area contributed by atoms with Crippen LogP contribution in [-0.4, -0.2) is 18.9 Å². The smallest absolute Gasteiger partial charge is 0.136 e. The van der Waals surface area contributed by atoms with E-state index in [1.54, 1.807) is 0 Å². The highest BCUT2D eigenvalue weighted by atomic mass is 15.1. The van der Waals surface area contributed by atoms with E-state index in [1.807, 2.05) is 79.4 Å². The lowest BCUT2D eigenvalue weighted by molar-refractivity contribution is 0.772. The molecule has 0 N–H and O–H groups in total. The molecular formula is C24H17N5. The van der Waals surface area contributed by atoms with Crippen molar-refractivity contribution < 1.29 is 0 Å². The molecule has 5 heteroatoms. The van der Waals surface area contributed by atoms with Gasteiger partial charge in [-0.2, -0.15) is 5.26 Å². The Morgan fingerprint density at radius 1 is 0.862 bits per heavy atom. The van der Waals surface area contributed by atoms with E-state index in [1.165, 1.54) is 0 Å². The molecule has 0 radical (unpaired) electrons. The topological polar surface area (TPSA) is 58.9 Å². The molecule has 0 aliphatic rings. The summed E-state index contributed by atoms with van der Waals surface area (Å²) in [5.41, 5.74) is 6.50. The second kappa shape index (κ2) is 7.10. The van der Waals surface area contributed by atoms with E-state index in [2.05, 4.69) is 32.2 Å². The highest BCUT2D eigenvalue weighted by Gasteiger charge is 2.16. The van der Waals surface area contributed by atoms with Crippen LogP contribution in [0, 0.1) is 11.3 Å². The molecule has 0 saturated carbocycles. The van der Waals surface area contributed by atoms with Crippen molar-refractivity contribution >= 4 is 5.65 Å². The van der Waals surface area contributed by atoms with Gasteiger partial charge in [-0.15, -0.1) is 0 Å². The average molecular weight is 375 g/mol. The Labute approximate surface area is 168 Å². The number of benzene rings is 2. The van der Waals surface area contributed by atoms with Gasteiger partial charge < -0.3 is 8.97 Å². The number of nitriles is 1. The van der Waals surface area contributed by atoms with Crippen molar-refractivity contribution in [1.29, 1.82) is 5.26 Å². The molecule has 0 fully saturated rings. The predicted octanol–water partition coefficient (Wildman–Crippen LogP) is 4.78. The molecule has 5 nitrogen and oxygen atoms in total. The lowest BCUT2D eigenvalue weighted by Gasteiger charge is -2.11. The Kier molecular flexibility index (Phi) is 4.15.